The quantitative estimate of drug-likeness (QED) is 0.776. The van der Waals surface area contributed by atoms with E-state index in [2.05, 4.69) is 22.5 Å². The molecule has 0 aromatic heterocycles. The maximum Gasteiger partial charge on any atom is 0.251 e. The van der Waals surface area contributed by atoms with Gasteiger partial charge in [-0.05, 0) is 24.6 Å². The van der Waals surface area contributed by atoms with Crippen LogP contribution in [0.15, 0.2) is 29.3 Å². The van der Waals surface area contributed by atoms with Crippen molar-refractivity contribution in [2.75, 3.05) is 23.4 Å². The van der Waals surface area contributed by atoms with Crippen LogP contribution < -0.4 is 10.6 Å². The SMILES string of the molecule is CCCCNC(=O)c1cccc(NC2=N[C@H]3CS(=O)(=O)C[C@H]3S2)c1. The number of benzene rings is 1. The van der Waals surface area contributed by atoms with Crippen LogP contribution in [0.3, 0.4) is 0 Å². The highest BCUT2D eigenvalue weighted by molar-refractivity contribution is 8.15. The third-order valence-corrected chi connectivity index (χ3v) is 7.15. The monoisotopic (exact) mass is 367 g/mol. The predicted molar refractivity (Wildman–Crippen MR) is 98.6 cm³/mol. The maximum absolute atomic E-state index is 12.1. The second kappa shape index (κ2) is 7.14. The highest BCUT2D eigenvalue weighted by Gasteiger charge is 2.42. The Balaban J connectivity index is 1.63. The first-order valence-electron chi connectivity index (χ1n) is 8.07. The Morgan fingerprint density at radius 1 is 1.38 bits per heavy atom. The molecule has 2 N–H and O–H groups in total. The summed E-state index contributed by atoms with van der Waals surface area (Å²) in [5.41, 5.74) is 1.38. The van der Waals surface area contributed by atoms with Crippen LogP contribution in [0.1, 0.15) is 30.1 Å². The summed E-state index contributed by atoms with van der Waals surface area (Å²) in [7, 11) is -2.94. The van der Waals surface area contributed by atoms with Crippen LogP contribution in [-0.2, 0) is 9.84 Å². The molecule has 2 aliphatic rings. The average Bonchev–Trinajstić information content (AvgIpc) is 3.00. The number of unbranched alkanes of at least 4 members (excludes halogenated alkanes) is 1. The van der Waals surface area contributed by atoms with Gasteiger partial charge in [-0.1, -0.05) is 31.2 Å². The molecule has 0 radical (unpaired) electrons. The molecule has 0 spiro atoms. The molecular weight excluding hydrogens is 346 g/mol. The molecule has 0 saturated carbocycles. The van der Waals surface area contributed by atoms with Crippen LogP contribution in [0.4, 0.5) is 5.69 Å². The van der Waals surface area contributed by atoms with Gasteiger partial charge in [-0.2, -0.15) is 0 Å². The van der Waals surface area contributed by atoms with Gasteiger partial charge < -0.3 is 10.6 Å². The summed E-state index contributed by atoms with van der Waals surface area (Å²) < 4.78 is 23.2. The Hall–Kier alpha value is -1.54. The van der Waals surface area contributed by atoms with Crippen LogP contribution in [0.25, 0.3) is 0 Å². The second-order valence-corrected chi connectivity index (χ2v) is 9.43. The normalized spacial score (nSPS) is 24.3. The fourth-order valence-electron chi connectivity index (χ4n) is 2.76. The number of anilines is 1. The van der Waals surface area contributed by atoms with Crippen molar-refractivity contribution in [3.05, 3.63) is 29.8 Å². The van der Waals surface area contributed by atoms with E-state index in [0.29, 0.717) is 12.1 Å². The van der Waals surface area contributed by atoms with E-state index in [4.69, 9.17) is 0 Å². The number of thioether (sulfide) groups is 1. The van der Waals surface area contributed by atoms with Crippen molar-refractivity contribution < 1.29 is 13.2 Å². The average molecular weight is 367 g/mol. The van der Waals surface area contributed by atoms with Gasteiger partial charge in [0.25, 0.3) is 5.91 Å². The zero-order valence-corrected chi connectivity index (χ0v) is 15.1. The summed E-state index contributed by atoms with van der Waals surface area (Å²) in [5, 5.41) is 6.83. The summed E-state index contributed by atoms with van der Waals surface area (Å²) in [6.45, 7) is 2.75. The zero-order chi connectivity index (χ0) is 17.2. The lowest BCUT2D eigenvalue weighted by Gasteiger charge is -2.09. The van der Waals surface area contributed by atoms with Crippen LogP contribution >= 0.6 is 11.8 Å². The first kappa shape index (κ1) is 17.3. The van der Waals surface area contributed by atoms with Gasteiger partial charge in [0.05, 0.1) is 17.5 Å². The standard InChI is InChI=1S/C16H21N3O3S2/c1-2-3-7-17-15(20)11-5-4-6-12(8-11)18-16-19-13-9-24(21,22)10-14(13)23-16/h4-6,8,13-14H,2-3,7,9-10H2,1H3,(H,17,20)(H,18,19)/t13-,14+/m0/s1. The van der Waals surface area contributed by atoms with E-state index in [1.165, 1.54) is 11.8 Å². The van der Waals surface area contributed by atoms with Gasteiger partial charge >= 0.3 is 0 Å². The molecule has 24 heavy (non-hydrogen) atoms. The molecule has 8 heteroatoms. The van der Waals surface area contributed by atoms with Crippen molar-refractivity contribution in [1.29, 1.82) is 0 Å². The molecule has 1 aromatic rings. The first-order valence-corrected chi connectivity index (χ1v) is 10.8. The van der Waals surface area contributed by atoms with Crippen molar-refractivity contribution in [2.45, 2.75) is 31.1 Å². The Kier molecular flexibility index (Phi) is 5.15. The number of nitrogens with zero attached hydrogens (tertiary/aromatic N) is 1. The molecule has 2 heterocycles. The summed E-state index contributed by atoms with van der Waals surface area (Å²) in [5.74, 6) is 0.239. The van der Waals surface area contributed by atoms with Gasteiger partial charge in [-0.15, -0.1) is 0 Å². The van der Waals surface area contributed by atoms with Crippen molar-refractivity contribution in [2.24, 2.45) is 4.99 Å². The summed E-state index contributed by atoms with van der Waals surface area (Å²) in [4.78, 5) is 16.6. The molecule has 6 nitrogen and oxygen atoms in total. The number of hydrogen-bond donors (Lipinski definition) is 2. The van der Waals surface area contributed by atoms with E-state index in [1.807, 2.05) is 12.1 Å². The molecule has 1 fully saturated rings. The summed E-state index contributed by atoms with van der Waals surface area (Å²) in [6, 6.07) is 7.11. The summed E-state index contributed by atoms with van der Waals surface area (Å²) >= 11 is 1.47. The Morgan fingerprint density at radius 3 is 2.96 bits per heavy atom. The minimum atomic E-state index is -2.94. The van der Waals surface area contributed by atoms with Crippen molar-refractivity contribution in [3.8, 4) is 0 Å². The van der Waals surface area contributed by atoms with Gasteiger partial charge in [0.2, 0.25) is 0 Å². The minimum absolute atomic E-state index is 0.0121. The Morgan fingerprint density at radius 2 is 2.21 bits per heavy atom. The topological polar surface area (TPSA) is 87.6 Å². The van der Waals surface area contributed by atoms with E-state index < -0.39 is 9.84 Å². The Bertz CT molecular complexity index is 762. The van der Waals surface area contributed by atoms with Crippen molar-refractivity contribution >= 4 is 38.4 Å². The fourth-order valence-corrected chi connectivity index (χ4v) is 6.43. The van der Waals surface area contributed by atoms with Crippen LogP contribution in [-0.4, -0.2) is 48.8 Å². The molecule has 0 aliphatic carbocycles. The van der Waals surface area contributed by atoms with Gasteiger partial charge in [-0.3, -0.25) is 9.79 Å². The lowest BCUT2D eigenvalue weighted by Crippen LogP contribution is -2.24. The van der Waals surface area contributed by atoms with Gasteiger partial charge in [0.1, 0.15) is 0 Å². The number of carbonyl (C=O) groups excluding carboxylic acids is 1. The largest absolute Gasteiger partial charge is 0.352 e. The highest BCUT2D eigenvalue weighted by atomic mass is 32.2. The molecule has 2 atom stereocenters. The number of sulfone groups is 1. The first-order chi connectivity index (χ1) is 11.5. The number of hydrogen-bond acceptors (Lipinski definition) is 6. The van der Waals surface area contributed by atoms with Crippen LogP contribution in [0.2, 0.25) is 0 Å². The van der Waals surface area contributed by atoms with Crippen LogP contribution in [0.5, 0.6) is 0 Å². The minimum Gasteiger partial charge on any atom is -0.352 e. The number of carbonyl (C=O) groups is 1. The third kappa shape index (κ3) is 4.10. The van der Waals surface area contributed by atoms with Crippen molar-refractivity contribution in [3.63, 3.8) is 0 Å². The zero-order valence-electron chi connectivity index (χ0n) is 13.5. The number of amidine groups is 1. The predicted octanol–water partition coefficient (Wildman–Crippen LogP) is 1.90. The van der Waals surface area contributed by atoms with E-state index >= 15 is 0 Å². The lowest BCUT2D eigenvalue weighted by molar-refractivity contribution is 0.0953. The molecule has 130 valence electrons. The number of amides is 1. The molecule has 1 aromatic carbocycles. The van der Waals surface area contributed by atoms with Gasteiger partial charge in [0, 0.05) is 23.0 Å². The van der Waals surface area contributed by atoms with Gasteiger partial charge in [-0.25, -0.2) is 8.42 Å². The second-order valence-electron chi connectivity index (χ2n) is 6.05. The van der Waals surface area contributed by atoms with Crippen molar-refractivity contribution in [1.82, 2.24) is 5.32 Å². The van der Waals surface area contributed by atoms with E-state index in [1.54, 1.807) is 12.1 Å². The molecule has 0 bridgehead atoms. The van der Waals surface area contributed by atoms with E-state index in [-0.39, 0.29) is 28.7 Å². The number of nitrogens with one attached hydrogen (secondary N) is 2. The smallest absolute Gasteiger partial charge is 0.251 e. The number of rotatable bonds is 5. The van der Waals surface area contributed by atoms with Crippen LogP contribution in [0, 0.1) is 0 Å². The molecule has 1 amide bonds. The van der Waals surface area contributed by atoms with Gasteiger partial charge in [0.15, 0.2) is 15.0 Å². The fraction of sp³-hybridized carbons (Fsp3) is 0.500. The molecule has 3 rings (SSSR count). The lowest BCUT2D eigenvalue weighted by atomic mass is 10.2. The third-order valence-electron chi connectivity index (χ3n) is 4.01. The number of aliphatic imine (C=N–C) groups is 1. The number of fused-ring (bicyclic) bond motifs is 1. The summed E-state index contributed by atoms with van der Waals surface area (Å²) in [6.07, 6.45) is 2.00. The molecular formula is C16H21N3O3S2. The molecule has 0 unspecified atom stereocenters. The Labute approximate surface area is 146 Å². The van der Waals surface area contributed by atoms with E-state index in [0.717, 1.165) is 23.7 Å². The maximum atomic E-state index is 12.1. The molecule has 1 saturated heterocycles. The molecule has 2 aliphatic heterocycles. The van der Waals surface area contributed by atoms with E-state index in [9.17, 15) is 13.2 Å². The highest BCUT2D eigenvalue weighted by Crippen LogP contribution is 2.34.